The smallest absolute Gasteiger partial charge is 0.144 e. The van der Waals surface area contributed by atoms with Crippen LogP contribution in [0.2, 0.25) is 0 Å². The fraction of sp³-hybridized carbons (Fsp3) is 0.200. The molecular formula is C10H12N4S. The summed E-state index contributed by atoms with van der Waals surface area (Å²) in [6.45, 7) is 1.16. The number of thiophene rings is 1. The molecule has 0 spiro atoms. The summed E-state index contributed by atoms with van der Waals surface area (Å²) in [5, 5.41) is 5.28. The lowest BCUT2D eigenvalue weighted by Crippen LogP contribution is -2.06. The molecule has 0 saturated heterocycles. The van der Waals surface area contributed by atoms with Crippen LogP contribution < -0.4 is 11.1 Å². The largest absolute Gasteiger partial charge is 0.365 e. The van der Waals surface area contributed by atoms with E-state index in [0.29, 0.717) is 12.4 Å². The Morgan fingerprint density at radius 3 is 3.07 bits per heavy atom. The number of nitrogens with one attached hydrogen (secondary N) is 1. The van der Waals surface area contributed by atoms with Gasteiger partial charge < -0.3 is 11.1 Å². The van der Waals surface area contributed by atoms with Gasteiger partial charge in [0.05, 0.1) is 13.1 Å². The predicted molar refractivity (Wildman–Crippen MR) is 61.6 cm³/mol. The van der Waals surface area contributed by atoms with Gasteiger partial charge in [0.25, 0.3) is 0 Å². The van der Waals surface area contributed by atoms with Crippen LogP contribution in [-0.4, -0.2) is 9.97 Å². The van der Waals surface area contributed by atoms with Crippen molar-refractivity contribution >= 4 is 17.2 Å². The summed E-state index contributed by atoms with van der Waals surface area (Å²) in [4.78, 5) is 9.56. The molecule has 0 atom stereocenters. The minimum atomic E-state index is 0.370. The van der Waals surface area contributed by atoms with E-state index < -0.39 is 0 Å². The van der Waals surface area contributed by atoms with Gasteiger partial charge in [-0.2, -0.15) is 0 Å². The molecule has 0 unspecified atom stereocenters. The van der Waals surface area contributed by atoms with Gasteiger partial charge in [0.1, 0.15) is 11.6 Å². The third-order valence-corrected chi connectivity index (χ3v) is 2.79. The van der Waals surface area contributed by atoms with E-state index in [2.05, 4.69) is 26.7 Å². The molecule has 0 radical (unpaired) electrons. The molecular weight excluding hydrogens is 208 g/mol. The lowest BCUT2D eigenvalue weighted by molar-refractivity contribution is 0.905. The van der Waals surface area contributed by atoms with Crippen molar-refractivity contribution in [2.24, 2.45) is 5.73 Å². The van der Waals surface area contributed by atoms with E-state index in [1.54, 1.807) is 17.5 Å². The monoisotopic (exact) mass is 220 g/mol. The Morgan fingerprint density at radius 1 is 1.40 bits per heavy atom. The number of aromatic nitrogens is 2. The summed E-state index contributed by atoms with van der Waals surface area (Å²) in [6.07, 6.45) is 1.71. The van der Waals surface area contributed by atoms with Gasteiger partial charge in [0.2, 0.25) is 0 Å². The minimum absolute atomic E-state index is 0.370. The van der Waals surface area contributed by atoms with Crippen LogP contribution in [0.4, 0.5) is 5.82 Å². The molecule has 3 N–H and O–H groups in total. The van der Waals surface area contributed by atoms with Crippen molar-refractivity contribution in [2.45, 2.75) is 13.1 Å². The third kappa shape index (κ3) is 2.74. The first-order valence-corrected chi connectivity index (χ1v) is 5.54. The molecule has 0 aliphatic carbocycles. The average molecular weight is 220 g/mol. The molecule has 78 valence electrons. The van der Waals surface area contributed by atoms with E-state index in [1.807, 2.05) is 12.1 Å². The lowest BCUT2D eigenvalue weighted by Gasteiger charge is -2.04. The summed E-state index contributed by atoms with van der Waals surface area (Å²) >= 11 is 1.72. The van der Waals surface area contributed by atoms with Crippen molar-refractivity contribution in [1.82, 2.24) is 9.97 Å². The Labute approximate surface area is 92.2 Å². The van der Waals surface area contributed by atoms with Gasteiger partial charge in [-0.3, -0.25) is 0 Å². The van der Waals surface area contributed by atoms with Gasteiger partial charge in [0.15, 0.2) is 0 Å². The van der Waals surface area contributed by atoms with Crippen molar-refractivity contribution in [3.8, 4) is 0 Å². The quantitative estimate of drug-likeness (QED) is 0.821. The Hall–Kier alpha value is -1.46. The van der Waals surface area contributed by atoms with Gasteiger partial charge >= 0.3 is 0 Å². The minimum Gasteiger partial charge on any atom is -0.365 e. The second-order valence-corrected chi connectivity index (χ2v) is 4.03. The zero-order valence-corrected chi connectivity index (χ0v) is 9.00. The number of hydrogen-bond acceptors (Lipinski definition) is 5. The Balaban J connectivity index is 1.98. The number of hydrogen-bond donors (Lipinski definition) is 2. The Kier molecular flexibility index (Phi) is 3.26. The fourth-order valence-corrected chi connectivity index (χ4v) is 1.83. The van der Waals surface area contributed by atoms with E-state index >= 15 is 0 Å². The van der Waals surface area contributed by atoms with E-state index in [-0.39, 0.29) is 0 Å². The van der Waals surface area contributed by atoms with Crippen molar-refractivity contribution in [3.63, 3.8) is 0 Å². The first kappa shape index (κ1) is 10.1. The van der Waals surface area contributed by atoms with Crippen LogP contribution in [0.5, 0.6) is 0 Å². The Morgan fingerprint density at radius 2 is 2.33 bits per heavy atom. The number of nitrogens with zero attached hydrogens (tertiary/aromatic N) is 2. The number of rotatable bonds is 4. The fourth-order valence-electron chi connectivity index (χ4n) is 1.19. The third-order valence-electron chi connectivity index (χ3n) is 1.91. The van der Waals surface area contributed by atoms with Gasteiger partial charge in [-0.15, -0.1) is 11.3 Å². The molecule has 0 saturated carbocycles. The zero-order chi connectivity index (χ0) is 10.5. The van der Waals surface area contributed by atoms with Gasteiger partial charge in [0, 0.05) is 11.1 Å². The molecule has 15 heavy (non-hydrogen) atoms. The summed E-state index contributed by atoms with van der Waals surface area (Å²) in [5.74, 6) is 1.48. The van der Waals surface area contributed by atoms with Crippen molar-refractivity contribution in [3.05, 3.63) is 40.5 Å². The van der Waals surface area contributed by atoms with Crippen molar-refractivity contribution in [1.29, 1.82) is 0 Å². The lowest BCUT2D eigenvalue weighted by atomic mass is 10.4. The molecule has 0 fully saturated rings. The molecule has 0 amide bonds. The molecule has 5 heteroatoms. The van der Waals surface area contributed by atoms with Crippen LogP contribution >= 0.6 is 11.3 Å². The highest BCUT2D eigenvalue weighted by molar-refractivity contribution is 7.09. The SMILES string of the molecule is NCc1nccc(NCc2cccs2)n1. The Bertz CT molecular complexity index is 413. The number of anilines is 1. The van der Waals surface area contributed by atoms with Gasteiger partial charge in [-0.25, -0.2) is 9.97 Å². The predicted octanol–water partition coefficient (Wildman–Crippen LogP) is 1.61. The molecule has 4 nitrogen and oxygen atoms in total. The van der Waals surface area contributed by atoms with Gasteiger partial charge in [-0.05, 0) is 17.5 Å². The second kappa shape index (κ2) is 4.86. The topological polar surface area (TPSA) is 63.8 Å². The molecule has 2 aromatic rings. The molecule has 2 heterocycles. The van der Waals surface area contributed by atoms with Gasteiger partial charge in [-0.1, -0.05) is 6.07 Å². The maximum atomic E-state index is 5.46. The highest BCUT2D eigenvalue weighted by atomic mass is 32.1. The maximum Gasteiger partial charge on any atom is 0.144 e. The van der Waals surface area contributed by atoms with E-state index in [9.17, 15) is 0 Å². The van der Waals surface area contributed by atoms with E-state index in [1.165, 1.54) is 4.88 Å². The molecule has 0 bridgehead atoms. The summed E-state index contributed by atoms with van der Waals surface area (Å²) in [7, 11) is 0. The molecule has 2 rings (SSSR count). The normalized spacial score (nSPS) is 10.2. The van der Waals surface area contributed by atoms with Crippen LogP contribution in [-0.2, 0) is 13.1 Å². The van der Waals surface area contributed by atoms with E-state index in [0.717, 1.165) is 12.4 Å². The first-order chi connectivity index (χ1) is 7.38. The zero-order valence-electron chi connectivity index (χ0n) is 8.18. The van der Waals surface area contributed by atoms with Crippen LogP contribution in [0.3, 0.4) is 0 Å². The van der Waals surface area contributed by atoms with Crippen LogP contribution in [0.1, 0.15) is 10.7 Å². The molecule has 0 aliphatic heterocycles. The van der Waals surface area contributed by atoms with Crippen LogP contribution in [0.15, 0.2) is 29.8 Å². The second-order valence-electron chi connectivity index (χ2n) is 3.00. The standard InChI is InChI=1S/C10H12N4S/c11-6-10-12-4-3-9(14-10)13-7-8-2-1-5-15-8/h1-5H,6-7,11H2,(H,12,13,14). The first-order valence-electron chi connectivity index (χ1n) is 4.67. The average Bonchev–Trinajstić information content (AvgIpc) is 2.79. The highest BCUT2D eigenvalue weighted by Crippen LogP contribution is 2.10. The molecule has 2 aromatic heterocycles. The summed E-state index contributed by atoms with van der Waals surface area (Å²) < 4.78 is 0. The van der Waals surface area contributed by atoms with Crippen LogP contribution in [0.25, 0.3) is 0 Å². The van der Waals surface area contributed by atoms with Crippen molar-refractivity contribution in [2.75, 3.05) is 5.32 Å². The molecule has 0 aliphatic rings. The molecule has 0 aromatic carbocycles. The number of nitrogens with two attached hydrogens (primary N) is 1. The maximum absolute atomic E-state index is 5.46. The summed E-state index contributed by atoms with van der Waals surface area (Å²) in [5.41, 5.74) is 5.46. The van der Waals surface area contributed by atoms with Crippen LogP contribution in [0, 0.1) is 0 Å². The van der Waals surface area contributed by atoms with Crippen molar-refractivity contribution < 1.29 is 0 Å². The van der Waals surface area contributed by atoms with E-state index in [4.69, 9.17) is 5.73 Å². The summed E-state index contributed by atoms with van der Waals surface area (Å²) in [6, 6.07) is 5.96. The highest BCUT2D eigenvalue weighted by Gasteiger charge is 1.97.